The molecule has 0 aliphatic heterocycles. The molecule has 4 atom stereocenters. The van der Waals surface area contributed by atoms with Gasteiger partial charge in [0.15, 0.2) is 0 Å². The number of rotatable bonds is 4. The van der Waals surface area contributed by atoms with Gasteiger partial charge in [0.05, 0.1) is 0 Å². The van der Waals surface area contributed by atoms with E-state index in [9.17, 15) is 0 Å². The molecule has 2 heteroatoms. The first-order chi connectivity index (χ1) is 8.76. The van der Waals surface area contributed by atoms with Gasteiger partial charge in [0.25, 0.3) is 0 Å². The molecular formula is C16H20Cl2. The standard InChI is InChI=1S/C16H20Cl2/c17-10-15(12-2-1-3-16(18)9-12)8-14-7-11-4-5-13(14)6-11/h1-3,9,11,13-15H,4-8,10H2. The number of halogens is 2. The summed E-state index contributed by atoms with van der Waals surface area (Å²) in [7, 11) is 0. The molecule has 0 aromatic heterocycles. The molecule has 0 amide bonds. The van der Waals surface area contributed by atoms with Gasteiger partial charge in [-0.3, -0.25) is 0 Å². The number of hydrogen-bond acceptors (Lipinski definition) is 0. The van der Waals surface area contributed by atoms with Crippen molar-refractivity contribution < 1.29 is 0 Å². The fourth-order valence-electron chi connectivity index (χ4n) is 4.08. The van der Waals surface area contributed by atoms with Gasteiger partial charge in [-0.05, 0) is 67.1 Å². The van der Waals surface area contributed by atoms with E-state index in [1.807, 2.05) is 12.1 Å². The van der Waals surface area contributed by atoms with E-state index in [0.717, 1.165) is 22.8 Å². The van der Waals surface area contributed by atoms with Crippen molar-refractivity contribution in [3.05, 3.63) is 34.9 Å². The van der Waals surface area contributed by atoms with E-state index in [1.54, 1.807) is 0 Å². The lowest BCUT2D eigenvalue weighted by Gasteiger charge is -2.26. The first-order valence-corrected chi connectivity index (χ1v) is 7.99. The zero-order valence-electron chi connectivity index (χ0n) is 10.6. The Labute approximate surface area is 120 Å². The fourth-order valence-corrected chi connectivity index (χ4v) is 4.58. The third kappa shape index (κ3) is 2.56. The molecule has 0 nitrogen and oxygen atoms in total. The number of fused-ring (bicyclic) bond motifs is 2. The van der Waals surface area contributed by atoms with Gasteiger partial charge < -0.3 is 0 Å². The average molecular weight is 283 g/mol. The lowest BCUT2D eigenvalue weighted by molar-refractivity contribution is 0.300. The number of alkyl halides is 1. The Kier molecular flexibility index (Phi) is 3.86. The van der Waals surface area contributed by atoms with Crippen LogP contribution in [0.3, 0.4) is 0 Å². The van der Waals surface area contributed by atoms with Crippen LogP contribution >= 0.6 is 23.2 Å². The molecule has 2 bridgehead atoms. The minimum absolute atomic E-state index is 0.481. The molecule has 2 saturated carbocycles. The molecular weight excluding hydrogens is 263 g/mol. The predicted molar refractivity (Wildman–Crippen MR) is 78.5 cm³/mol. The summed E-state index contributed by atoms with van der Waals surface area (Å²) in [5, 5.41) is 0.829. The third-order valence-corrected chi connectivity index (χ3v) is 5.59. The Balaban J connectivity index is 1.69. The monoisotopic (exact) mass is 282 g/mol. The van der Waals surface area contributed by atoms with Gasteiger partial charge in [-0.15, -0.1) is 11.6 Å². The van der Waals surface area contributed by atoms with E-state index >= 15 is 0 Å². The summed E-state index contributed by atoms with van der Waals surface area (Å²) in [5.74, 6) is 4.12. The highest BCUT2D eigenvalue weighted by molar-refractivity contribution is 6.30. The summed E-state index contributed by atoms with van der Waals surface area (Å²) in [6, 6.07) is 8.24. The molecule has 0 saturated heterocycles. The second kappa shape index (κ2) is 5.43. The highest BCUT2D eigenvalue weighted by atomic mass is 35.5. The average Bonchev–Trinajstić information content (AvgIpc) is 2.98. The maximum atomic E-state index is 6.19. The van der Waals surface area contributed by atoms with Gasteiger partial charge in [0.1, 0.15) is 0 Å². The minimum Gasteiger partial charge on any atom is -0.126 e. The molecule has 4 unspecified atom stereocenters. The van der Waals surface area contributed by atoms with Crippen LogP contribution in [0.25, 0.3) is 0 Å². The summed E-state index contributed by atoms with van der Waals surface area (Å²) in [6.07, 6.45) is 7.11. The lowest BCUT2D eigenvalue weighted by atomic mass is 9.81. The fraction of sp³-hybridized carbons (Fsp3) is 0.625. The Bertz CT molecular complexity index is 415. The molecule has 0 spiro atoms. The van der Waals surface area contributed by atoms with Crippen LogP contribution in [0, 0.1) is 17.8 Å². The molecule has 0 N–H and O–H groups in total. The van der Waals surface area contributed by atoms with Gasteiger partial charge in [-0.1, -0.05) is 30.2 Å². The van der Waals surface area contributed by atoms with Gasteiger partial charge >= 0.3 is 0 Å². The Morgan fingerprint density at radius 1 is 1.22 bits per heavy atom. The van der Waals surface area contributed by atoms with E-state index in [0.29, 0.717) is 11.8 Å². The molecule has 3 rings (SSSR count). The van der Waals surface area contributed by atoms with Crippen molar-refractivity contribution in [2.75, 3.05) is 5.88 Å². The van der Waals surface area contributed by atoms with Crippen molar-refractivity contribution in [2.24, 2.45) is 17.8 Å². The molecule has 98 valence electrons. The lowest BCUT2D eigenvalue weighted by Crippen LogP contribution is -2.15. The van der Waals surface area contributed by atoms with Crippen molar-refractivity contribution in [1.82, 2.24) is 0 Å². The normalized spacial score (nSPS) is 31.8. The zero-order chi connectivity index (χ0) is 12.5. The number of hydrogen-bond donors (Lipinski definition) is 0. The van der Waals surface area contributed by atoms with Gasteiger partial charge in [0.2, 0.25) is 0 Å². The van der Waals surface area contributed by atoms with Crippen LogP contribution in [0.5, 0.6) is 0 Å². The first-order valence-electron chi connectivity index (χ1n) is 7.07. The van der Waals surface area contributed by atoms with Crippen LogP contribution in [0.2, 0.25) is 5.02 Å². The molecule has 0 radical (unpaired) electrons. The number of benzene rings is 1. The SMILES string of the molecule is ClCC(CC1CC2CCC1C2)c1cccc(Cl)c1. The highest BCUT2D eigenvalue weighted by Crippen LogP contribution is 2.51. The topological polar surface area (TPSA) is 0 Å². The van der Waals surface area contributed by atoms with Crippen LogP contribution in [0.1, 0.15) is 43.6 Å². The van der Waals surface area contributed by atoms with Crippen molar-refractivity contribution in [3.63, 3.8) is 0 Å². The second-order valence-corrected chi connectivity index (χ2v) is 6.82. The van der Waals surface area contributed by atoms with E-state index < -0.39 is 0 Å². The zero-order valence-corrected chi connectivity index (χ0v) is 12.1. The van der Waals surface area contributed by atoms with Gasteiger partial charge in [-0.2, -0.15) is 0 Å². The van der Waals surface area contributed by atoms with Crippen LogP contribution in [0.4, 0.5) is 0 Å². The van der Waals surface area contributed by atoms with E-state index in [4.69, 9.17) is 23.2 Å². The second-order valence-electron chi connectivity index (χ2n) is 6.08. The van der Waals surface area contributed by atoms with E-state index in [2.05, 4.69) is 12.1 Å². The van der Waals surface area contributed by atoms with Crippen LogP contribution in [-0.4, -0.2) is 5.88 Å². The van der Waals surface area contributed by atoms with Crippen molar-refractivity contribution in [2.45, 2.75) is 38.0 Å². The third-order valence-electron chi connectivity index (χ3n) is 4.98. The Morgan fingerprint density at radius 3 is 2.72 bits per heavy atom. The molecule has 1 aromatic carbocycles. The summed E-state index contributed by atoms with van der Waals surface area (Å²) in [4.78, 5) is 0. The summed E-state index contributed by atoms with van der Waals surface area (Å²) in [5.41, 5.74) is 1.32. The molecule has 2 aliphatic carbocycles. The smallest absolute Gasteiger partial charge is 0.0408 e. The van der Waals surface area contributed by atoms with Gasteiger partial charge in [0, 0.05) is 10.9 Å². The molecule has 2 aliphatic rings. The van der Waals surface area contributed by atoms with Crippen LogP contribution in [-0.2, 0) is 0 Å². The van der Waals surface area contributed by atoms with Gasteiger partial charge in [-0.25, -0.2) is 0 Å². The predicted octanol–water partition coefficient (Wildman–Crippen LogP) is 5.49. The molecule has 1 aromatic rings. The molecule has 0 heterocycles. The quantitative estimate of drug-likeness (QED) is 0.641. The minimum atomic E-state index is 0.481. The van der Waals surface area contributed by atoms with Crippen LogP contribution in [0.15, 0.2) is 24.3 Å². The molecule has 2 fully saturated rings. The van der Waals surface area contributed by atoms with Crippen molar-refractivity contribution >= 4 is 23.2 Å². The van der Waals surface area contributed by atoms with E-state index in [-0.39, 0.29) is 0 Å². The van der Waals surface area contributed by atoms with Crippen molar-refractivity contribution in [3.8, 4) is 0 Å². The Hall–Kier alpha value is -0.200. The summed E-state index contributed by atoms with van der Waals surface area (Å²) >= 11 is 12.3. The summed E-state index contributed by atoms with van der Waals surface area (Å²) in [6.45, 7) is 0. The Morgan fingerprint density at radius 2 is 2.11 bits per heavy atom. The maximum absolute atomic E-state index is 6.19. The summed E-state index contributed by atoms with van der Waals surface area (Å²) < 4.78 is 0. The van der Waals surface area contributed by atoms with E-state index in [1.165, 1.54) is 37.7 Å². The van der Waals surface area contributed by atoms with Crippen LogP contribution < -0.4 is 0 Å². The highest BCUT2D eigenvalue weighted by Gasteiger charge is 2.40. The van der Waals surface area contributed by atoms with Crippen molar-refractivity contribution in [1.29, 1.82) is 0 Å². The molecule has 18 heavy (non-hydrogen) atoms. The first kappa shape index (κ1) is 12.8. The maximum Gasteiger partial charge on any atom is 0.0408 e. The largest absolute Gasteiger partial charge is 0.126 e.